The van der Waals surface area contributed by atoms with Crippen LogP contribution in [-0.4, -0.2) is 23.1 Å². The van der Waals surface area contributed by atoms with Gasteiger partial charge in [0.05, 0.1) is 5.52 Å². The molecule has 4 rings (SSSR count). The molecule has 3 aromatic rings. The van der Waals surface area contributed by atoms with Crippen molar-refractivity contribution in [3.05, 3.63) is 54.6 Å². The second kappa shape index (κ2) is 5.17. The van der Waals surface area contributed by atoms with Crippen LogP contribution < -0.4 is 4.90 Å². The highest BCUT2D eigenvalue weighted by Gasteiger charge is 2.18. The second-order valence-electron chi connectivity index (χ2n) is 5.45. The molecule has 0 amide bonds. The molecule has 2 aromatic carbocycles. The molecular formula is C18H17N3. The van der Waals surface area contributed by atoms with Gasteiger partial charge in [0, 0.05) is 24.0 Å². The number of aromatic nitrogens is 2. The van der Waals surface area contributed by atoms with Gasteiger partial charge in [-0.2, -0.15) is 0 Å². The molecule has 0 aliphatic carbocycles. The molecule has 1 aromatic heterocycles. The Hall–Kier alpha value is -2.42. The molecule has 0 atom stereocenters. The van der Waals surface area contributed by atoms with Gasteiger partial charge in [-0.15, -0.1) is 0 Å². The van der Waals surface area contributed by atoms with Gasteiger partial charge in [-0.3, -0.25) is 0 Å². The summed E-state index contributed by atoms with van der Waals surface area (Å²) in [6.45, 7) is 2.18. The van der Waals surface area contributed by atoms with Crippen LogP contribution in [0.2, 0.25) is 0 Å². The van der Waals surface area contributed by atoms with E-state index in [9.17, 15) is 0 Å². The SMILES string of the molecule is c1ccc(-c2nc(N3CCCC3)c3ccccc3n2)cc1. The maximum atomic E-state index is 4.87. The third-order valence-corrected chi connectivity index (χ3v) is 4.02. The van der Waals surface area contributed by atoms with Crippen LogP contribution >= 0.6 is 0 Å². The van der Waals surface area contributed by atoms with Gasteiger partial charge in [-0.1, -0.05) is 42.5 Å². The lowest BCUT2D eigenvalue weighted by atomic mass is 10.2. The van der Waals surface area contributed by atoms with Crippen molar-refractivity contribution >= 4 is 16.7 Å². The van der Waals surface area contributed by atoms with Crippen LogP contribution in [0.15, 0.2) is 54.6 Å². The summed E-state index contributed by atoms with van der Waals surface area (Å²) in [6.07, 6.45) is 2.50. The number of hydrogen-bond donors (Lipinski definition) is 0. The molecule has 0 N–H and O–H groups in total. The van der Waals surface area contributed by atoms with E-state index in [1.165, 1.54) is 12.8 Å². The molecule has 0 saturated carbocycles. The summed E-state index contributed by atoms with van der Waals surface area (Å²) in [4.78, 5) is 12.0. The number of nitrogens with zero attached hydrogens (tertiary/aromatic N) is 3. The minimum atomic E-state index is 0.816. The molecule has 0 radical (unpaired) electrons. The van der Waals surface area contributed by atoms with E-state index in [2.05, 4.69) is 35.2 Å². The Kier molecular flexibility index (Phi) is 3.03. The first-order valence-corrected chi connectivity index (χ1v) is 7.49. The molecule has 0 unspecified atom stereocenters. The molecular weight excluding hydrogens is 258 g/mol. The van der Waals surface area contributed by atoms with E-state index in [1.807, 2.05) is 24.3 Å². The average Bonchev–Trinajstić information content (AvgIpc) is 3.09. The molecule has 1 saturated heterocycles. The molecule has 0 spiro atoms. The summed E-state index contributed by atoms with van der Waals surface area (Å²) in [7, 11) is 0. The fourth-order valence-electron chi connectivity index (χ4n) is 2.95. The Bertz CT molecular complexity index is 762. The summed E-state index contributed by atoms with van der Waals surface area (Å²) in [5, 5.41) is 1.15. The molecule has 1 fully saturated rings. The lowest BCUT2D eigenvalue weighted by Crippen LogP contribution is -2.19. The zero-order valence-electron chi connectivity index (χ0n) is 11.9. The van der Waals surface area contributed by atoms with Crippen LogP contribution in [0.25, 0.3) is 22.3 Å². The van der Waals surface area contributed by atoms with Gasteiger partial charge in [-0.05, 0) is 25.0 Å². The van der Waals surface area contributed by atoms with E-state index >= 15 is 0 Å². The molecule has 3 heteroatoms. The topological polar surface area (TPSA) is 29.0 Å². The monoisotopic (exact) mass is 275 g/mol. The highest BCUT2D eigenvalue weighted by Crippen LogP contribution is 2.29. The van der Waals surface area contributed by atoms with E-state index in [4.69, 9.17) is 9.97 Å². The lowest BCUT2D eigenvalue weighted by Gasteiger charge is -2.19. The van der Waals surface area contributed by atoms with Gasteiger partial charge >= 0.3 is 0 Å². The lowest BCUT2D eigenvalue weighted by molar-refractivity contribution is 0.941. The molecule has 21 heavy (non-hydrogen) atoms. The van der Waals surface area contributed by atoms with Gasteiger partial charge < -0.3 is 4.90 Å². The van der Waals surface area contributed by atoms with Crippen LogP contribution in [0.5, 0.6) is 0 Å². The maximum absolute atomic E-state index is 4.87. The largest absolute Gasteiger partial charge is 0.356 e. The summed E-state index contributed by atoms with van der Waals surface area (Å²) >= 11 is 0. The molecule has 104 valence electrons. The Labute approximate surface area is 124 Å². The van der Waals surface area contributed by atoms with E-state index < -0.39 is 0 Å². The van der Waals surface area contributed by atoms with Crippen molar-refractivity contribution in [3.63, 3.8) is 0 Å². The maximum Gasteiger partial charge on any atom is 0.162 e. The van der Waals surface area contributed by atoms with Crippen molar-refractivity contribution in [3.8, 4) is 11.4 Å². The third kappa shape index (κ3) is 2.25. The van der Waals surface area contributed by atoms with E-state index in [1.54, 1.807) is 0 Å². The number of benzene rings is 2. The van der Waals surface area contributed by atoms with Crippen molar-refractivity contribution in [2.75, 3.05) is 18.0 Å². The Balaban J connectivity index is 1.93. The zero-order valence-corrected chi connectivity index (χ0v) is 11.9. The van der Waals surface area contributed by atoms with Gasteiger partial charge in [-0.25, -0.2) is 9.97 Å². The highest BCUT2D eigenvalue weighted by molar-refractivity contribution is 5.91. The number of anilines is 1. The Morgan fingerprint density at radius 3 is 2.29 bits per heavy atom. The third-order valence-electron chi connectivity index (χ3n) is 4.02. The van der Waals surface area contributed by atoms with Crippen LogP contribution in [0.4, 0.5) is 5.82 Å². The number of hydrogen-bond acceptors (Lipinski definition) is 3. The van der Waals surface area contributed by atoms with Crippen molar-refractivity contribution in [1.29, 1.82) is 0 Å². The standard InChI is InChI=1S/C18H17N3/c1-2-8-14(9-3-1)17-19-16-11-5-4-10-15(16)18(20-17)21-12-6-7-13-21/h1-5,8-11H,6-7,12-13H2. The van der Waals surface area contributed by atoms with E-state index in [0.29, 0.717) is 0 Å². The summed E-state index contributed by atoms with van der Waals surface area (Å²) < 4.78 is 0. The molecule has 0 bridgehead atoms. The number of para-hydroxylation sites is 1. The first-order chi connectivity index (χ1) is 10.4. The van der Waals surface area contributed by atoms with Crippen molar-refractivity contribution in [2.24, 2.45) is 0 Å². The highest BCUT2D eigenvalue weighted by atomic mass is 15.2. The minimum absolute atomic E-state index is 0.816. The fourth-order valence-corrected chi connectivity index (χ4v) is 2.95. The minimum Gasteiger partial charge on any atom is -0.356 e. The van der Waals surface area contributed by atoms with Gasteiger partial charge in [0.2, 0.25) is 0 Å². The summed E-state index contributed by atoms with van der Waals surface area (Å²) in [5.74, 6) is 1.90. The summed E-state index contributed by atoms with van der Waals surface area (Å²) in [6, 6.07) is 18.5. The zero-order chi connectivity index (χ0) is 14.1. The Morgan fingerprint density at radius 2 is 1.48 bits per heavy atom. The molecule has 1 aliphatic heterocycles. The Morgan fingerprint density at radius 1 is 0.762 bits per heavy atom. The predicted molar refractivity (Wildman–Crippen MR) is 86.4 cm³/mol. The van der Waals surface area contributed by atoms with Gasteiger partial charge in [0.1, 0.15) is 5.82 Å². The van der Waals surface area contributed by atoms with Crippen molar-refractivity contribution in [2.45, 2.75) is 12.8 Å². The quantitative estimate of drug-likeness (QED) is 0.710. The number of rotatable bonds is 2. The molecule has 3 nitrogen and oxygen atoms in total. The van der Waals surface area contributed by atoms with Crippen molar-refractivity contribution in [1.82, 2.24) is 9.97 Å². The average molecular weight is 275 g/mol. The van der Waals surface area contributed by atoms with Gasteiger partial charge in [0.15, 0.2) is 5.82 Å². The molecule has 2 heterocycles. The first kappa shape index (κ1) is 12.3. The molecule has 1 aliphatic rings. The second-order valence-corrected chi connectivity index (χ2v) is 5.45. The van der Waals surface area contributed by atoms with Gasteiger partial charge in [0.25, 0.3) is 0 Å². The van der Waals surface area contributed by atoms with Crippen LogP contribution in [-0.2, 0) is 0 Å². The normalized spacial score (nSPS) is 14.8. The van der Waals surface area contributed by atoms with Crippen LogP contribution in [0, 0.1) is 0 Å². The smallest absolute Gasteiger partial charge is 0.162 e. The first-order valence-electron chi connectivity index (χ1n) is 7.49. The fraction of sp³-hybridized carbons (Fsp3) is 0.222. The number of fused-ring (bicyclic) bond motifs is 1. The van der Waals surface area contributed by atoms with Crippen LogP contribution in [0.1, 0.15) is 12.8 Å². The van der Waals surface area contributed by atoms with Crippen molar-refractivity contribution < 1.29 is 0 Å². The van der Waals surface area contributed by atoms with Crippen LogP contribution in [0.3, 0.4) is 0 Å². The summed E-state index contributed by atoms with van der Waals surface area (Å²) in [5.41, 5.74) is 2.09. The predicted octanol–water partition coefficient (Wildman–Crippen LogP) is 3.90. The van der Waals surface area contributed by atoms with E-state index in [0.717, 1.165) is 41.2 Å². The van der Waals surface area contributed by atoms with E-state index in [-0.39, 0.29) is 0 Å².